The lowest BCUT2D eigenvalue weighted by Gasteiger charge is -2.46. The summed E-state index contributed by atoms with van der Waals surface area (Å²) in [6.45, 7) is 4.16. The minimum absolute atomic E-state index is 0.459. The van der Waals surface area contributed by atoms with Crippen molar-refractivity contribution in [1.82, 2.24) is 15.0 Å². The van der Waals surface area contributed by atoms with E-state index in [1.54, 1.807) is 49.2 Å². The van der Waals surface area contributed by atoms with Crippen molar-refractivity contribution in [2.24, 2.45) is 0 Å². The Hall–Kier alpha value is -3.50. The lowest BCUT2D eigenvalue weighted by Crippen LogP contribution is -2.53. The van der Waals surface area contributed by atoms with Crippen molar-refractivity contribution in [2.45, 2.75) is 38.1 Å². The van der Waals surface area contributed by atoms with E-state index < -0.39 is 17.7 Å². The molecule has 0 saturated heterocycles. The molecule has 0 spiro atoms. The van der Waals surface area contributed by atoms with E-state index in [4.69, 9.17) is 4.74 Å². The van der Waals surface area contributed by atoms with Gasteiger partial charge in [-0.3, -0.25) is 9.97 Å². The molecule has 7 heteroatoms. The van der Waals surface area contributed by atoms with Crippen LogP contribution >= 0.6 is 0 Å². The molecule has 1 N–H and O–H groups in total. The molecule has 7 nitrogen and oxygen atoms in total. The molecule has 0 radical (unpaired) electrons. The fourth-order valence-electron chi connectivity index (χ4n) is 3.62. The number of pyridine rings is 1. The molecule has 2 atom stereocenters. The molecule has 0 saturated carbocycles. The van der Waals surface area contributed by atoms with Crippen LogP contribution in [0.5, 0.6) is 5.75 Å². The fourth-order valence-corrected chi connectivity index (χ4v) is 3.62. The standard InChI is InChI=1S/C22H21N5O2/c1-22(2)21(28)20(17-10-15(11-23)5-6-18(17)29-22)27(19-13-25-8-9-26-19)14-16-4-3-7-24-12-16/h3-10,12-13,20-21,28H,14H2,1-2H3/t20?,21-/m1/s1. The molecule has 3 aromatic rings. The second kappa shape index (κ2) is 7.49. The van der Waals surface area contributed by atoms with E-state index in [-0.39, 0.29) is 0 Å². The molecule has 29 heavy (non-hydrogen) atoms. The lowest BCUT2D eigenvalue weighted by atomic mass is 9.84. The number of fused-ring (bicyclic) bond motifs is 1. The van der Waals surface area contributed by atoms with Gasteiger partial charge in [0.05, 0.1) is 23.9 Å². The highest BCUT2D eigenvalue weighted by Gasteiger charge is 2.46. The molecule has 3 heterocycles. The highest BCUT2D eigenvalue weighted by atomic mass is 16.5. The molecule has 1 unspecified atom stereocenters. The van der Waals surface area contributed by atoms with E-state index in [9.17, 15) is 10.4 Å². The smallest absolute Gasteiger partial charge is 0.147 e. The molecule has 1 aliphatic rings. The number of aromatic nitrogens is 3. The van der Waals surface area contributed by atoms with Crippen LogP contribution in [-0.2, 0) is 6.54 Å². The van der Waals surface area contributed by atoms with Crippen molar-refractivity contribution in [3.63, 3.8) is 0 Å². The molecule has 0 aliphatic carbocycles. The largest absolute Gasteiger partial charge is 0.485 e. The van der Waals surface area contributed by atoms with Crippen LogP contribution in [0.2, 0.25) is 0 Å². The predicted octanol–water partition coefficient (Wildman–Crippen LogP) is 3.02. The molecular weight excluding hydrogens is 366 g/mol. The van der Waals surface area contributed by atoms with Gasteiger partial charge >= 0.3 is 0 Å². The number of anilines is 1. The van der Waals surface area contributed by atoms with Gasteiger partial charge in [-0.15, -0.1) is 0 Å². The maximum atomic E-state index is 11.3. The first-order valence-corrected chi connectivity index (χ1v) is 9.32. The van der Waals surface area contributed by atoms with E-state index in [0.29, 0.717) is 23.7 Å². The maximum Gasteiger partial charge on any atom is 0.147 e. The number of hydrogen-bond acceptors (Lipinski definition) is 7. The van der Waals surface area contributed by atoms with Crippen LogP contribution in [0, 0.1) is 11.3 Å². The Kier molecular flexibility index (Phi) is 4.87. The van der Waals surface area contributed by atoms with Crippen LogP contribution in [0.1, 0.15) is 36.6 Å². The molecule has 1 aliphatic heterocycles. The first kappa shape index (κ1) is 18.8. The number of nitriles is 1. The molecule has 1 aromatic carbocycles. The Bertz CT molecular complexity index is 1030. The molecule has 0 bridgehead atoms. The number of rotatable bonds is 4. The van der Waals surface area contributed by atoms with Gasteiger partial charge in [-0.2, -0.15) is 5.26 Å². The Morgan fingerprint density at radius 3 is 2.69 bits per heavy atom. The number of nitrogens with zero attached hydrogens (tertiary/aromatic N) is 5. The van der Waals surface area contributed by atoms with Gasteiger partial charge in [0.25, 0.3) is 0 Å². The van der Waals surface area contributed by atoms with Gasteiger partial charge in [0.15, 0.2) is 0 Å². The summed E-state index contributed by atoms with van der Waals surface area (Å²) >= 11 is 0. The zero-order valence-electron chi connectivity index (χ0n) is 16.2. The van der Waals surface area contributed by atoms with E-state index in [2.05, 4.69) is 21.0 Å². The van der Waals surface area contributed by atoms with Crippen molar-refractivity contribution in [3.8, 4) is 11.8 Å². The number of aliphatic hydroxyl groups excluding tert-OH is 1. The fraction of sp³-hybridized carbons (Fsp3) is 0.273. The quantitative estimate of drug-likeness (QED) is 0.735. The Balaban J connectivity index is 1.87. The Labute approximate surface area is 169 Å². The van der Waals surface area contributed by atoms with Crippen LogP contribution < -0.4 is 9.64 Å². The van der Waals surface area contributed by atoms with Gasteiger partial charge in [-0.1, -0.05) is 6.07 Å². The first-order valence-electron chi connectivity index (χ1n) is 9.32. The minimum Gasteiger partial charge on any atom is -0.485 e. The van der Waals surface area contributed by atoms with Crippen LogP contribution in [0.25, 0.3) is 0 Å². The zero-order valence-corrected chi connectivity index (χ0v) is 16.2. The van der Waals surface area contributed by atoms with Crippen LogP contribution in [-0.4, -0.2) is 31.8 Å². The highest BCUT2D eigenvalue weighted by molar-refractivity contribution is 5.52. The van der Waals surface area contributed by atoms with Crippen LogP contribution in [0.15, 0.2) is 61.3 Å². The first-order chi connectivity index (χ1) is 14.0. The molecular formula is C22H21N5O2. The third kappa shape index (κ3) is 3.62. The summed E-state index contributed by atoms with van der Waals surface area (Å²) in [5.41, 5.74) is 1.38. The number of aliphatic hydroxyl groups is 1. The number of ether oxygens (including phenoxy) is 1. The van der Waals surface area contributed by atoms with Gasteiger partial charge in [0.1, 0.15) is 23.3 Å². The van der Waals surface area contributed by atoms with E-state index in [0.717, 1.165) is 11.1 Å². The van der Waals surface area contributed by atoms with Gasteiger partial charge in [0.2, 0.25) is 0 Å². The highest BCUT2D eigenvalue weighted by Crippen LogP contribution is 2.44. The van der Waals surface area contributed by atoms with E-state index in [1.165, 1.54) is 0 Å². The van der Waals surface area contributed by atoms with Crippen molar-refractivity contribution in [2.75, 3.05) is 4.90 Å². The summed E-state index contributed by atoms with van der Waals surface area (Å²) in [5, 5.41) is 20.7. The monoisotopic (exact) mass is 387 g/mol. The number of hydrogen-bond donors (Lipinski definition) is 1. The summed E-state index contributed by atoms with van der Waals surface area (Å²) in [7, 11) is 0. The molecule has 0 amide bonds. The molecule has 4 rings (SSSR count). The average Bonchev–Trinajstić information content (AvgIpc) is 2.74. The van der Waals surface area contributed by atoms with E-state index >= 15 is 0 Å². The summed E-state index contributed by atoms with van der Waals surface area (Å²) in [6.07, 6.45) is 7.53. The third-order valence-corrected chi connectivity index (χ3v) is 5.10. The second-order valence-electron chi connectivity index (χ2n) is 7.51. The number of benzene rings is 1. The van der Waals surface area contributed by atoms with Gasteiger partial charge in [-0.25, -0.2) is 4.98 Å². The van der Waals surface area contributed by atoms with Crippen molar-refractivity contribution < 1.29 is 9.84 Å². The lowest BCUT2D eigenvalue weighted by molar-refractivity contribution is -0.0591. The third-order valence-electron chi connectivity index (χ3n) is 5.10. The Morgan fingerprint density at radius 2 is 2.00 bits per heavy atom. The minimum atomic E-state index is -0.873. The molecule has 2 aromatic heterocycles. The Morgan fingerprint density at radius 1 is 1.17 bits per heavy atom. The maximum absolute atomic E-state index is 11.3. The van der Waals surface area contributed by atoms with Gasteiger partial charge in [-0.05, 0) is 43.7 Å². The predicted molar refractivity (Wildman–Crippen MR) is 107 cm³/mol. The summed E-state index contributed by atoms with van der Waals surface area (Å²) in [4.78, 5) is 14.9. The summed E-state index contributed by atoms with van der Waals surface area (Å²) in [5.74, 6) is 1.26. The van der Waals surface area contributed by atoms with Gasteiger partial charge < -0.3 is 14.7 Å². The van der Waals surface area contributed by atoms with Crippen LogP contribution in [0.3, 0.4) is 0 Å². The summed E-state index contributed by atoms with van der Waals surface area (Å²) < 4.78 is 6.06. The van der Waals surface area contributed by atoms with Crippen molar-refractivity contribution in [3.05, 3.63) is 78.0 Å². The van der Waals surface area contributed by atoms with Crippen molar-refractivity contribution in [1.29, 1.82) is 5.26 Å². The molecule has 0 fully saturated rings. The van der Waals surface area contributed by atoms with Crippen molar-refractivity contribution >= 4 is 5.82 Å². The topological polar surface area (TPSA) is 95.2 Å². The van der Waals surface area contributed by atoms with Crippen LogP contribution in [0.4, 0.5) is 5.82 Å². The van der Waals surface area contributed by atoms with E-state index in [1.807, 2.05) is 30.9 Å². The average molecular weight is 387 g/mol. The SMILES string of the molecule is CC1(C)Oc2ccc(C#N)cc2C(N(Cc2cccnc2)c2cnccn2)[C@H]1O. The zero-order chi connectivity index (χ0) is 20.4. The summed E-state index contributed by atoms with van der Waals surface area (Å²) in [6, 6.07) is 10.8. The second-order valence-corrected chi connectivity index (χ2v) is 7.51. The molecule has 146 valence electrons. The normalized spacial score (nSPS) is 19.5. The van der Waals surface area contributed by atoms with Gasteiger partial charge in [0, 0.05) is 36.9 Å².